The van der Waals surface area contributed by atoms with Crippen molar-refractivity contribution in [2.24, 2.45) is 0 Å². The lowest BCUT2D eigenvalue weighted by Gasteiger charge is -2.26. The van der Waals surface area contributed by atoms with Gasteiger partial charge in [-0.15, -0.1) is 0 Å². The van der Waals surface area contributed by atoms with Crippen molar-refractivity contribution in [1.29, 1.82) is 0 Å². The van der Waals surface area contributed by atoms with Crippen molar-refractivity contribution in [1.82, 2.24) is 4.90 Å². The molecular formula is C14H19NO. The largest absolute Gasteiger partial charge is 0.303 e. The Morgan fingerprint density at radius 2 is 1.62 bits per heavy atom. The molecule has 0 N–H and O–H groups in total. The number of carbonyl (C=O) groups excluding carboxylic acids is 1. The van der Waals surface area contributed by atoms with E-state index in [2.05, 4.69) is 29.2 Å². The van der Waals surface area contributed by atoms with Gasteiger partial charge in [-0.05, 0) is 37.1 Å². The molecule has 0 radical (unpaired) electrons. The average Bonchev–Trinajstić information content (AvgIpc) is 2.33. The lowest BCUT2D eigenvalue weighted by Crippen LogP contribution is -2.29. The van der Waals surface area contributed by atoms with Crippen molar-refractivity contribution in [3.63, 3.8) is 0 Å². The molecule has 16 heavy (non-hydrogen) atoms. The molecule has 0 amide bonds. The molecule has 1 aliphatic rings. The summed E-state index contributed by atoms with van der Waals surface area (Å²) in [5.41, 5.74) is 2.47. The first-order valence-electron chi connectivity index (χ1n) is 6.12. The molecule has 0 atom stereocenters. The second-order valence-corrected chi connectivity index (χ2v) is 4.52. The molecule has 0 aromatic heterocycles. The van der Waals surface area contributed by atoms with Crippen molar-refractivity contribution in [2.75, 3.05) is 13.1 Å². The number of carbonyl (C=O) groups is 1. The van der Waals surface area contributed by atoms with Crippen molar-refractivity contribution in [3.05, 3.63) is 35.4 Å². The normalized spacial score (nSPS) is 17.2. The van der Waals surface area contributed by atoms with E-state index in [1.54, 1.807) is 0 Å². The highest BCUT2D eigenvalue weighted by Crippen LogP contribution is 2.13. The fourth-order valence-electron chi connectivity index (χ4n) is 2.25. The maximum atomic E-state index is 10.4. The monoisotopic (exact) mass is 217 g/mol. The number of piperidine rings is 1. The molecule has 1 fully saturated rings. The molecule has 1 aliphatic heterocycles. The second-order valence-electron chi connectivity index (χ2n) is 4.52. The minimum Gasteiger partial charge on any atom is -0.303 e. The second kappa shape index (κ2) is 5.80. The minimum absolute atomic E-state index is 0.532. The Morgan fingerprint density at radius 3 is 2.25 bits per heavy atom. The minimum atomic E-state index is 0.532. The Hall–Kier alpha value is -1.15. The fourth-order valence-corrected chi connectivity index (χ4v) is 2.25. The Kier molecular flexibility index (Phi) is 4.11. The van der Waals surface area contributed by atoms with Gasteiger partial charge in [-0.2, -0.15) is 0 Å². The fraction of sp³-hybridized carbons (Fsp3) is 0.500. The lowest BCUT2D eigenvalue weighted by molar-refractivity contribution is -0.107. The number of likely N-dealkylation sites (tertiary alicyclic amines) is 1. The molecule has 0 aliphatic carbocycles. The van der Waals surface area contributed by atoms with E-state index in [9.17, 15) is 4.79 Å². The molecule has 1 aromatic rings. The van der Waals surface area contributed by atoms with Crippen LogP contribution in [0, 0.1) is 0 Å². The van der Waals surface area contributed by atoms with Crippen LogP contribution in [-0.4, -0.2) is 24.3 Å². The Labute approximate surface area is 97.3 Å². The molecular weight excluding hydrogens is 198 g/mol. The lowest BCUT2D eigenvalue weighted by atomic mass is 10.1. The Bertz CT molecular complexity index is 325. The van der Waals surface area contributed by atoms with E-state index < -0.39 is 0 Å². The number of rotatable bonds is 4. The zero-order valence-electron chi connectivity index (χ0n) is 9.69. The molecule has 0 spiro atoms. The summed E-state index contributed by atoms with van der Waals surface area (Å²) in [6.45, 7) is 3.52. The molecule has 1 heterocycles. The van der Waals surface area contributed by atoms with Gasteiger partial charge >= 0.3 is 0 Å². The summed E-state index contributed by atoms with van der Waals surface area (Å²) in [4.78, 5) is 12.9. The summed E-state index contributed by atoms with van der Waals surface area (Å²) < 4.78 is 0. The topological polar surface area (TPSA) is 20.3 Å². The Balaban J connectivity index is 1.90. The first-order valence-corrected chi connectivity index (χ1v) is 6.12. The predicted molar refractivity (Wildman–Crippen MR) is 65.3 cm³/mol. The van der Waals surface area contributed by atoms with Crippen LogP contribution in [0.5, 0.6) is 0 Å². The third kappa shape index (κ3) is 3.17. The molecule has 2 rings (SSSR count). The van der Waals surface area contributed by atoms with Crippen LogP contribution in [-0.2, 0) is 17.8 Å². The van der Waals surface area contributed by atoms with E-state index in [0.29, 0.717) is 6.42 Å². The summed E-state index contributed by atoms with van der Waals surface area (Å²) >= 11 is 0. The van der Waals surface area contributed by atoms with Crippen LogP contribution >= 0.6 is 0 Å². The first-order chi connectivity index (χ1) is 7.88. The van der Waals surface area contributed by atoms with Gasteiger partial charge in [0.05, 0.1) is 0 Å². The molecule has 1 saturated heterocycles. The SMILES string of the molecule is O=CCc1ccc(CN2CCCCC2)cc1. The van der Waals surface area contributed by atoms with E-state index >= 15 is 0 Å². The molecule has 86 valence electrons. The van der Waals surface area contributed by atoms with Gasteiger partial charge in [0.15, 0.2) is 0 Å². The van der Waals surface area contributed by atoms with Crippen LogP contribution in [0.3, 0.4) is 0 Å². The van der Waals surface area contributed by atoms with Crippen LogP contribution in [0.25, 0.3) is 0 Å². The zero-order chi connectivity index (χ0) is 11.2. The number of benzene rings is 1. The van der Waals surface area contributed by atoms with Crippen LogP contribution in [0.1, 0.15) is 30.4 Å². The third-order valence-electron chi connectivity index (χ3n) is 3.20. The highest BCUT2D eigenvalue weighted by atomic mass is 16.1. The van der Waals surface area contributed by atoms with Gasteiger partial charge in [0.1, 0.15) is 6.29 Å². The standard InChI is InChI=1S/C14H19NO/c16-11-8-13-4-6-14(7-5-13)12-15-9-2-1-3-10-15/h4-7,11H,1-3,8-10,12H2. The van der Waals surface area contributed by atoms with Crippen LogP contribution in [0.15, 0.2) is 24.3 Å². The highest BCUT2D eigenvalue weighted by Gasteiger charge is 2.09. The Morgan fingerprint density at radius 1 is 1.00 bits per heavy atom. The van der Waals surface area contributed by atoms with Gasteiger partial charge in [0.2, 0.25) is 0 Å². The number of hydrogen-bond acceptors (Lipinski definition) is 2. The van der Waals surface area contributed by atoms with E-state index in [4.69, 9.17) is 0 Å². The smallest absolute Gasteiger partial charge is 0.124 e. The van der Waals surface area contributed by atoms with Gasteiger partial charge in [0.25, 0.3) is 0 Å². The van der Waals surface area contributed by atoms with Gasteiger partial charge < -0.3 is 4.79 Å². The van der Waals surface area contributed by atoms with Gasteiger partial charge in [-0.3, -0.25) is 4.90 Å². The number of aldehydes is 1. The van der Waals surface area contributed by atoms with Gasteiger partial charge in [0, 0.05) is 13.0 Å². The molecule has 1 aromatic carbocycles. The van der Waals surface area contributed by atoms with Gasteiger partial charge in [-0.25, -0.2) is 0 Å². The molecule has 0 unspecified atom stereocenters. The van der Waals surface area contributed by atoms with Crippen molar-refractivity contribution in [3.8, 4) is 0 Å². The summed E-state index contributed by atoms with van der Waals surface area (Å²) in [6, 6.07) is 8.42. The van der Waals surface area contributed by atoms with E-state index in [-0.39, 0.29) is 0 Å². The van der Waals surface area contributed by atoms with Gasteiger partial charge in [-0.1, -0.05) is 30.7 Å². The maximum absolute atomic E-state index is 10.4. The van der Waals surface area contributed by atoms with E-state index in [1.165, 1.54) is 37.9 Å². The molecule has 0 saturated carbocycles. The molecule has 2 nitrogen and oxygen atoms in total. The highest BCUT2D eigenvalue weighted by molar-refractivity contribution is 5.54. The maximum Gasteiger partial charge on any atom is 0.124 e. The molecule has 2 heteroatoms. The third-order valence-corrected chi connectivity index (χ3v) is 3.20. The van der Waals surface area contributed by atoms with Crippen LogP contribution in [0.2, 0.25) is 0 Å². The van der Waals surface area contributed by atoms with Crippen LogP contribution in [0.4, 0.5) is 0 Å². The summed E-state index contributed by atoms with van der Waals surface area (Å²) in [5.74, 6) is 0. The van der Waals surface area contributed by atoms with E-state index in [1.807, 2.05) is 0 Å². The van der Waals surface area contributed by atoms with Crippen molar-refractivity contribution in [2.45, 2.75) is 32.2 Å². The van der Waals surface area contributed by atoms with Crippen molar-refractivity contribution >= 4 is 6.29 Å². The van der Waals surface area contributed by atoms with Crippen molar-refractivity contribution < 1.29 is 4.79 Å². The number of nitrogens with zero attached hydrogens (tertiary/aromatic N) is 1. The summed E-state index contributed by atoms with van der Waals surface area (Å²) in [5, 5.41) is 0. The zero-order valence-corrected chi connectivity index (χ0v) is 9.69. The van der Waals surface area contributed by atoms with E-state index in [0.717, 1.165) is 18.4 Å². The predicted octanol–water partition coefficient (Wildman–Crippen LogP) is 2.41. The molecule has 0 bridgehead atoms. The first kappa shape index (κ1) is 11.3. The average molecular weight is 217 g/mol. The summed E-state index contributed by atoms with van der Waals surface area (Å²) in [7, 11) is 0. The summed E-state index contributed by atoms with van der Waals surface area (Å²) in [6.07, 6.45) is 5.55. The van der Waals surface area contributed by atoms with Crippen LogP contribution < -0.4 is 0 Å². The number of hydrogen-bond donors (Lipinski definition) is 0. The quantitative estimate of drug-likeness (QED) is 0.722.